The van der Waals surface area contributed by atoms with Crippen LogP contribution in [0.1, 0.15) is 72.2 Å². The number of hydrogen-bond acceptors (Lipinski definition) is 2. The van der Waals surface area contributed by atoms with Gasteiger partial charge in [-0.1, -0.05) is 266 Å². The molecule has 74 heavy (non-hydrogen) atoms. The van der Waals surface area contributed by atoms with Crippen LogP contribution in [0.5, 0.6) is 0 Å². The summed E-state index contributed by atoms with van der Waals surface area (Å²) in [6, 6.07) is 69.2. The second kappa shape index (κ2) is 27.0. The summed E-state index contributed by atoms with van der Waals surface area (Å²) in [5.41, 5.74) is 10.2. The molecule has 4 atom stereocenters. The molecule has 8 aromatic rings. The van der Waals surface area contributed by atoms with Gasteiger partial charge in [0.1, 0.15) is 14.3 Å². The van der Waals surface area contributed by atoms with Gasteiger partial charge in [0.25, 0.3) is 0 Å². The molecular weight excluding hydrogens is 1060 g/mol. The number of aryl methyl sites for hydroxylation is 8. The Morgan fingerprint density at radius 2 is 0.432 bits per heavy atom. The standard InChI is InChI=1S/C32H36O2P2.C32H36P2.Cl3HSi/c1-23-7-15-29(16-8-23)35(33,30-17-9-24(2)10-18-30)27(5)28(6)36(34,31-19-11-25(3)12-20-31)32-21-13-26(4)14-22-32;1-23-7-15-29(16-8-23)33(30-17-9-24(2)10-18-30)27(5)28(6)34(31-19-11-25(3)12-20-31)32-21-13-26(4)14-22-32;1-4(2)3/h7-22,27-28H,1-6H3;7-22,27-28H,1-6H3;4H/t2*27-,28-;/m11./s1. The van der Waals surface area contributed by atoms with Crippen LogP contribution in [0.15, 0.2) is 194 Å². The van der Waals surface area contributed by atoms with E-state index in [-0.39, 0.29) is 11.3 Å². The monoisotopic (exact) mass is 1130 g/mol. The summed E-state index contributed by atoms with van der Waals surface area (Å²) in [7, 11) is -7.25. The summed E-state index contributed by atoms with van der Waals surface area (Å²) in [6.45, 7) is 24.2. The molecule has 0 amide bonds. The summed E-state index contributed by atoms with van der Waals surface area (Å²) >= 11 is 14.8. The fourth-order valence-corrected chi connectivity index (χ4v) is 22.6. The lowest BCUT2D eigenvalue weighted by Crippen LogP contribution is -2.36. The third-order valence-corrected chi connectivity index (χ3v) is 28.1. The maximum absolute atomic E-state index is 15.3. The van der Waals surface area contributed by atoms with E-state index in [2.05, 4.69) is 139 Å². The summed E-state index contributed by atoms with van der Waals surface area (Å²) in [5.74, 6) is 0. The number of halogens is 3. The predicted octanol–water partition coefficient (Wildman–Crippen LogP) is 15.7. The van der Waals surface area contributed by atoms with Gasteiger partial charge < -0.3 is 9.13 Å². The average Bonchev–Trinajstić information content (AvgIpc) is 3.38. The zero-order chi connectivity index (χ0) is 53.9. The first-order chi connectivity index (χ1) is 35.1. The Morgan fingerprint density at radius 3 is 0.581 bits per heavy atom. The zero-order valence-electron chi connectivity index (χ0n) is 45.1. The van der Waals surface area contributed by atoms with Crippen LogP contribution in [0, 0.1) is 55.4 Å². The van der Waals surface area contributed by atoms with Gasteiger partial charge >= 0.3 is 6.73 Å². The Balaban J connectivity index is 0.000000225. The largest absolute Gasteiger partial charge is 0.326 e. The molecule has 386 valence electrons. The smallest absolute Gasteiger partial charge is 0.313 e. The third-order valence-electron chi connectivity index (χ3n) is 14.3. The lowest BCUT2D eigenvalue weighted by molar-refractivity contribution is 0.565. The Kier molecular flexibility index (Phi) is 21.7. The Labute approximate surface area is 462 Å². The molecule has 0 saturated heterocycles. The highest BCUT2D eigenvalue weighted by Gasteiger charge is 2.45. The van der Waals surface area contributed by atoms with Crippen molar-refractivity contribution in [1.29, 1.82) is 0 Å². The van der Waals surface area contributed by atoms with Crippen molar-refractivity contribution in [2.75, 3.05) is 0 Å². The molecule has 2 nitrogen and oxygen atoms in total. The third kappa shape index (κ3) is 14.8. The zero-order valence-corrected chi connectivity index (χ0v) is 52.1. The van der Waals surface area contributed by atoms with Crippen LogP contribution >= 0.6 is 63.4 Å². The molecule has 0 unspecified atom stereocenters. The molecule has 8 rings (SSSR count). The first-order valence-corrected chi connectivity index (χ1v) is 37.0. The molecule has 10 heteroatoms. The van der Waals surface area contributed by atoms with Crippen molar-refractivity contribution < 1.29 is 9.13 Å². The van der Waals surface area contributed by atoms with Crippen molar-refractivity contribution in [3.63, 3.8) is 0 Å². The molecule has 0 saturated carbocycles. The van der Waals surface area contributed by atoms with Crippen LogP contribution in [0.2, 0.25) is 0 Å². The SMILES string of the molecule is Cc1ccc(P(=O)(c2ccc(C)cc2)[C@H](C)[C@@H](C)P(=O)(c2ccc(C)cc2)c2ccc(C)cc2)cc1.Cc1ccc(P(c2ccc(C)cc2)[C@H](C)[C@@H](C)P(c2ccc(C)cc2)c2ccc(C)cc2)cc1.Cl[SiH](Cl)Cl. The van der Waals surface area contributed by atoms with Crippen LogP contribution in [0.4, 0.5) is 0 Å². The van der Waals surface area contributed by atoms with E-state index < -0.39 is 36.9 Å². The lowest BCUT2D eigenvalue weighted by Gasteiger charge is -2.36. The van der Waals surface area contributed by atoms with Crippen LogP contribution in [0.3, 0.4) is 0 Å². The van der Waals surface area contributed by atoms with Crippen LogP contribution in [0.25, 0.3) is 0 Å². The minimum atomic E-state index is -3.14. The van der Waals surface area contributed by atoms with E-state index in [1.54, 1.807) is 0 Å². The fourth-order valence-electron chi connectivity index (χ4n) is 9.40. The van der Waals surface area contributed by atoms with Gasteiger partial charge in [0.05, 0.1) is 0 Å². The number of benzene rings is 8. The maximum Gasteiger partial charge on any atom is 0.326 e. The van der Waals surface area contributed by atoms with Crippen molar-refractivity contribution in [2.24, 2.45) is 0 Å². The normalized spacial score (nSPS) is 13.3. The van der Waals surface area contributed by atoms with E-state index in [1.807, 2.05) is 139 Å². The highest BCUT2D eigenvalue weighted by atomic mass is 35.8. The Bertz CT molecular complexity index is 2710. The van der Waals surface area contributed by atoms with E-state index in [9.17, 15) is 0 Å². The van der Waals surface area contributed by atoms with Crippen LogP contribution in [-0.2, 0) is 9.13 Å². The van der Waals surface area contributed by atoms with Gasteiger partial charge in [0, 0.05) is 32.5 Å². The van der Waals surface area contributed by atoms with E-state index in [4.69, 9.17) is 33.2 Å². The van der Waals surface area contributed by atoms with Crippen LogP contribution in [-0.4, -0.2) is 29.4 Å². The summed E-state index contributed by atoms with van der Waals surface area (Å²) in [5, 5.41) is 9.17. The van der Waals surface area contributed by atoms with E-state index >= 15 is 9.13 Å². The molecule has 0 aliphatic heterocycles. The molecule has 0 heterocycles. The van der Waals surface area contributed by atoms with Crippen molar-refractivity contribution in [3.05, 3.63) is 239 Å². The summed E-state index contributed by atoms with van der Waals surface area (Å²) in [6.07, 6.45) is 0. The second-order valence-electron chi connectivity index (χ2n) is 20.0. The molecule has 8 aromatic carbocycles. The summed E-state index contributed by atoms with van der Waals surface area (Å²) in [4.78, 5) is 0. The van der Waals surface area contributed by atoms with Gasteiger partial charge in [-0.2, -0.15) is 0 Å². The van der Waals surface area contributed by atoms with Gasteiger partial charge in [-0.3, -0.25) is 0 Å². The molecule has 0 radical (unpaired) electrons. The first kappa shape index (κ1) is 59.4. The molecule has 0 aromatic heterocycles. The number of hydrogen-bond donors (Lipinski definition) is 0. The summed E-state index contributed by atoms with van der Waals surface area (Å²) < 4.78 is 30.6. The molecular formula is C64H73Cl3O2P4Si. The van der Waals surface area contributed by atoms with Gasteiger partial charge in [0.2, 0.25) is 0 Å². The average molecular weight is 1130 g/mol. The van der Waals surface area contributed by atoms with E-state index in [0.717, 1.165) is 43.5 Å². The highest BCUT2D eigenvalue weighted by Crippen LogP contribution is 2.60. The van der Waals surface area contributed by atoms with Crippen molar-refractivity contribution in [2.45, 2.75) is 106 Å². The molecule has 0 aliphatic carbocycles. The highest BCUT2D eigenvalue weighted by molar-refractivity contribution is 7.83. The minimum Gasteiger partial charge on any atom is -0.313 e. The quantitative estimate of drug-likeness (QED) is 0.0618. The molecule has 0 spiro atoms. The van der Waals surface area contributed by atoms with Gasteiger partial charge in [-0.25, -0.2) is 0 Å². The first-order valence-electron chi connectivity index (χ1n) is 25.4. The van der Waals surface area contributed by atoms with Crippen molar-refractivity contribution >= 4 is 113 Å². The van der Waals surface area contributed by atoms with E-state index in [1.165, 1.54) is 43.5 Å². The van der Waals surface area contributed by atoms with E-state index in [0.29, 0.717) is 11.3 Å². The van der Waals surface area contributed by atoms with Crippen molar-refractivity contribution in [3.8, 4) is 0 Å². The van der Waals surface area contributed by atoms with Gasteiger partial charge in [0.15, 0.2) is 0 Å². The topological polar surface area (TPSA) is 34.1 Å². The molecule has 0 bridgehead atoms. The molecule has 0 aliphatic rings. The Hall–Kier alpha value is -3.83. The van der Waals surface area contributed by atoms with Crippen molar-refractivity contribution in [1.82, 2.24) is 0 Å². The van der Waals surface area contributed by atoms with Gasteiger partial charge in [-0.15, -0.1) is 33.2 Å². The molecule has 0 fully saturated rings. The minimum absolute atomic E-state index is 0.351. The van der Waals surface area contributed by atoms with Crippen LogP contribution < -0.4 is 42.4 Å². The van der Waals surface area contributed by atoms with Gasteiger partial charge in [-0.05, 0) is 104 Å². The maximum atomic E-state index is 15.3. The second-order valence-corrected chi connectivity index (χ2v) is 37.9. The molecule has 0 N–H and O–H groups in total. The number of rotatable bonds is 14. The Morgan fingerprint density at radius 1 is 0.297 bits per heavy atom. The fraction of sp³-hybridized carbons (Fsp3) is 0.250. The lowest BCUT2D eigenvalue weighted by atomic mass is 10.2. The predicted molar refractivity (Wildman–Crippen MR) is 338 cm³/mol.